The van der Waals surface area contributed by atoms with Gasteiger partial charge in [-0.1, -0.05) is 32.9 Å². The molecule has 0 unspecified atom stereocenters. The van der Waals surface area contributed by atoms with E-state index in [1.54, 1.807) is 43.3 Å². The number of anilines is 1. The van der Waals surface area contributed by atoms with Crippen molar-refractivity contribution >= 4 is 32.9 Å². The second-order valence-electron chi connectivity index (χ2n) is 7.46. The lowest BCUT2D eigenvalue weighted by Crippen LogP contribution is -2.15. The number of hydrogen-bond acceptors (Lipinski definition) is 6. The minimum atomic E-state index is -3.79. The molecule has 0 saturated carbocycles. The largest absolute Gasteiger partial charge is 0.515 e. The van der Waals surface area contributed by atoms with Crippen molar-refractivity contribution in [3.8, 4) is 5.88 Å². The van der Waals surface area contributed by atoms with Gasteiger partial charge in [-0.15, -0.1) is 0 Å². The number of H-pyrrole nitrogens is 1. The number of sulfonamides is 1. The summed E-state index contributed by atoms with van der Waals surface area (Å²) in [6.45, 7) is 8.05. The van der Waals surface area contributed by atoms with Gasteiger partial charge in [-0.2, -0.15) is 0 Å². The summed E-state index contributed by atoms with van der Waals surface area (Å²) in [5, 5.41) is 0.625. The number of pyridine rings is 1. The molecule has 8 nitrogen and oxygen atoms in total. The first kappa shape index (κ1) is 20.7. The normalized spacial score (nSPS) is 12.0. The van der Waals surface area contributed by atoms with Crippen molar-refractivity contribution in [2.45, 2.75) is 38.0 Å². The lowest BCUT2D eigenvalue weighted by molar-refractivity contribution is 0.103. The molecule has 0 bridgehead atoms. The van der Waals surface area contributed by atoms with Crippen LogP contribution in [0.4, 0.5) is 10.6 Å². The third-order valence-corrected chi connectivity index (χ3v) is 5.58. The van der Waals surface area contributed by atoms with E-state index in [0.29, 0.717) is 10.9 Å². The van der Waals surface area contributed by atoms with E-state index in [1.165, 1.54) is 6.20 Å². The van der Waals surface area contributed by atoms with Crippen LogP contribution in [0.3, 0.4) is 0 Å². The number of nitrogens with one attached hydrogen (secondary N) is 2. The van der Waals surface area contributed by atoms with Crippen molar-refractivity contribution in [2.75, 3.05) is 11.3 Å². The van der Waals surface area contributed by atoms with E-state index < -0.39 is 16.2 Å². The quantitative estimate of drug-likeness (QED) is 0.602. The van der Waals surface area contributed by atoms with Gasteiger partial charge < -0.3 is 14.5 Å². The molecule has 0 aliphatic carbocycles. The van der Waals surface area contributed by atoms with Crippen LogP contribution >= 0.6 is 0 Å². The number of nitrogens with zero attached hydrogens (tertiary/aromatic N) is 1. The highest BCUT2D eigenvalue weighted by molar-refractivity contribution is 7.92. The zero-order valence-electron chi connectivity index (χ0n) is 16.6. The fourth-order valence-corrected chi connectivity index (χ4v) is 3.68. The molecule has 0 aliphatic rings. The van der Waals surface area contributed by atoms with E-state index in [0.717, 1.165) is 5.56 Å². The first-order valence-electron chi connectivity index (χ1n) is 9.05. The zero-order valence-corrected chi connectivity index (χ0v) is 17.5. The average Bonchev–Trinajstić information content (AvgIpc) is 3.02. The van der Waals surface area contributed by atoms with Crippen LogP contribution in [0, 0.1) is 0 Å². The number of carbonyl (C=O) groups is 1. The van der Waals surface area contributed by atoms with Crippen LogP contribution in [0.25, 0.3) is 10.9 Å². The van der Waals surface area contributed by atoms with E-state index in [2.05, 4.69) is 35.5 Å². The lowest BCUT2D eigenvalue weighted by Gasteiger charge is -2.19. The molecule has 2 N–H and O–H groups in total. The van der Waals surface area contributed by atoms with Gasteiger partial charge in [0.2, 0.25) is 5.88 Å². The number of carbonyl (C=O) groups excluding carboxylic acids is 1. The molecule has 0 atom stereocenters. The summed E-state index contributed by atoms with van der Waals surface area (Å²) in [5.41, 5.74) is 1.55. The summed E-state index contributed by atoms with van der Waals surface area (Å²) in [4.78, 5) is 18.5. The second-order valence-corrected chi connectivity index (χ2v) is 9.14. The Bertz CT molecular complexity index is 1130. The van der Waals surface area contributed by atoms with E-state index in [4.69, 9.17) is 9.47 Å². The molecular formula is C20H23N3O5S. The summed E-state index contributed by atoms with van der Waals surface area (Å²) in [6.07, 6.45) is 0.625. The Balaban J connectivity index is 1.80. The maximum absolute atomic E-state index is 12.7. The summed E-state index contributed by atoms with van der Waals surface area (Å²) < 4.78 is 37.5. The fourth-order valence-electron chi connectivity index (χ4n) is 2.68. The standard InChI is InChI=1S/C20H23N3O5S/c1-5-27-19(24)28-18-11-13-10-17(21-12-16(13)22-18)23-29(25,26)15-8-6-14(7-9-15)20(2,3)4/h6-12,22H,5H2,1-4H3,(H,21,23). The molecule has 3 aromatic rings. The summed E-state index contributed by atoms with van der Waals surface area (Å²) in [5.74, 6) is 0.331. The summed E-state index contributed by atoms with van der Waals surface area (Å²) in [7, 11) is -3.79. The van der Waals surface area contributed by atoms with Gasteiger partial charge in [-0.25, -0.2) is 18.2 Å². The minimum Gasteiger partial charge on any atom is -0.434 e. The van der Waals surface area contributed by atoms with Crippen molar-refractivity contribution in [3.63, 3.8) is 0 Å². The van der Waals surface area contributed by atoms with Crippen molar-refractivity contribution in [3.05, 3.63) is 48.2 Å². The smallest absolute Gasteiger partial charge is 0.434 e. The van der Waals surface area contributed by atoms with Crippen LogP contribution in [0.5, 0.6) is 5.88 Å². The van der Waals surface area contributed by atoms with Crippen LogP contribution in [0.15, 0.2) is 47.5 Å². The molecular weight excluding hydrogens is 394 g/mol. The Morgan fingerprint density at radius 1 is 1.17 bits per heavy atom. The lowest BCUT2D eigenvalue weighted by atomic mass is 9.87. The zero-order chi connectivity index (χ0) is 21.2. The molecule has 9 heteroatoms. The molecule has 2 aromatic heterocycles. The van der Waals surface area contributed by atoms with Crippen molar-refractivity contribution in [1.29, 1.82) is 0 Å². The number of rotatable bonds is 5. The fraction of sp³-hybridized carbons (Fsp3) is 0.300. The van der Waals surface area contributed by atoms with Crippen molar-refractivity contribution in [1.82, 2.24) is 9.97 Å². The topological polar surface area (TPSA) is 110 Å². The Hall–Kier alpha value is -3.07. The van der Waals surface area contributed by atoms with Crippen LogP contribution < -0.4 is 9.46 Å². The first-order chi connectivity index (χ1) is 13.6. The maximum atomic E-state index is 12.7. The number of aromatic amines is 1. The molecule has 29 heavy (non-hydrogen) atoms. The predicted molar refractivity (Wildman–Crippen MR) is 110 cm³/mol. The number of aromatic nitrogens is 2. The monoisotopic (exact) mass is 417 g/mol. The molecule has 3 rings (SSSR count). The highest BCUT2D eigenvalue weighted by Gasteiger charge is 2.18. The summed E-state index contributed by atoms with van der Waals surface area (Å²) in [6, 6.07) is 9.85. The first-order valence-corrected chi connectivity index (χ1v) is 10.5. The molecule has 1 aromatic carbocycles. The Labute approximate surface area is 169 Å². The molecule has 0 amide bonds. The van der Waals surface area contributed by atoms with Gasteiger partial charge in [0.15, 0.2) is 0 Å². The highest BCUT2D eigenvalue weighted by atomic mass is 32.2. The molecule has 0 saturated heterocycles. The molecule has 0 radical (unpaired) electrons. The molecule has 0 spiro atoms. The van der Waals surface area contributed by atoms with Crippen LogP contribution in [0.2, 0.25) is 0 Å². The number of ether oxygens (including phenoxy) is 2. The van der Waals surface area contributed by atoms with E-state index >= 15 is 0 Å². The van der Waals surface area contributed by atoms with Gasteiger partial charge in [0.1, 0.15) is 5.82 Å². The molecule has 154 valence electrons. The van der Waals surface area contributed by atoms with Gasteiger partial charge >= 0.3 is 6.16 Å². The second kappa shape index (κ2) is 7.75. The van der Waals surface area contributed by atoms with Crippen LogP contribution in [-0.4, -0.2) is 31.1 Å². The third kappa shape index (κ3) is 4.86. The van der Waals surface area contributed by atoms with Gasteiger partial charge in [-0.3, -0.25) is 4.72 Å². The van der Waals surface area contributed by atoms with Crippen molar-refractivity contribution in [2.24, 2.45) is 0 Å². The van der Waals surface area contributed by atoms with Crippen molar-refractivity contribution < 1.29 is 22.7 Å². The molecule has 0 aliphatic heterocycles. The van der Waals surface area contributed by atoms with E-state index in [9.17, 15) is 13.2 Å². The predicted octanol–water partition coefficient (Wildman–Crippen LogP) is 4.20. The summed E-state index contributed by atoms with van der Waals surface area (Å²) >= 11 is 0. The van der Waals surface area contributed by atoms with E-state index in [1.807, 2.05) is 0 Å². The average molecular weight is 417 g/mol. The molecule has 2 heterocycles. The molecule has 0 fully saturated rings. The van der Waals surface area contributed by atoms with Gasteiger partial charge in [0.05, 0.1) is 23.2 Å². The minimum absolute atomic E-state index is 0.0695. The number of fused-ring (bicyclic) bond motifs is 1. The highest BCUT2D eigenvalue weighted by Crippen LogP contribution is 2.26. The Kier molecular flexibility index (Phi) is 5.52. The van der Waals surface area contributed by atoms with Gasteiger partial charge in [0, 0.05) is 11.5 Å². The SMILES string of the molecule is CCOC(=O)Oc1cc2cc(NS(=O)(=O)c3ccc(C(C)(C)C)cc3)ncc2[nH]1. The number of hydrogen-bond donors (Lipinski definition) is 2. The maximum Gasteiger partial charge on any atom is 0.515 e. The van der Waals surface area contributed by atoms with Gasteiger partial charge in [-0.05, 0) is 36.1 Å². The van der Waals surface area contributed by atoms with Crippen LogP contribution in [0.1, 0.15) is 33.3 Å². The van der Waals surface area contributed by atoms with Crippen LogP contribution in [-0.2, 0) is 20.2 Å². The van der Waals surface area contributed by atoms with Gasteiger partial charge in [0.25, 0.3) is 10.0 Å². The Morgan fingerprint density at radius 2 is 1.86 bits per heavy atom. The third-order valence-electron chi connectivity index (χ3n) is 4.21. The number of benzene rings is 1. The van der Waals surface area contributed by atoms with E-state index in [-0.39, 0.29) is 28.6 Å². The Morgan fingerprint density at radius 3 is 2.48 bits per heavy atom.